The van der Waals surface area contributed by atoms with E-state index < -0.39 is 0 Å². The molecular formula is C21H29NO6S. The predicted molar refractivity (Wildman–Crippen MR) is 113 cm³/mol. The van der Waals surface area contributed by atoms with Crippen LogP contribution in [-0.2, 0) is 14.3 Å². The van der Waals surface area contributed by atoms with E-state index in [1.54, 1.807) is 18.2 Å². The van der Waals surface area contributed by atoms with Gasteiger partial charge in [0.25, 0.3) is 11.8 Å². The number of amides is 2. The number of ether oxygens (including phenoxy) is 3. The average Bonchev–Trinajstić information content (AvgIpc) is 2.97. The van der Waals surface area contributed by atoms with Crippen LogP contribution in [0.5, 0.6) is 11.5 Å². The summed E-state index contributed by atoms with van der Waals surface area (Å²) in [6.07, 6.45) is 2.64. The maximum absolute atomic E-state index is 13.1. The molecule has 0 saturated carbocycles. The van der Waals surface area contributed by atoms with Gasteiger partial charge < -0.3 is 19.3 Å². The highest BCUT2D eigenvalue weighted by molar-refractivity contribution is 8.04. The summed E-state index contributed by atoms with van der Waals surface area (Å²) in [5, 5.41) is 9.19. The molecule has 0 bridgehead atoms. The Kier molecular flexibility index (Phi) is 9.50. The van der Waals surface area contributed by atoms with E-state index in [-0.39, 0.29) is 18.4 Å². The zero-order valence-electron chi connectivity index (χ0n) is 17.2. The molecule has 0 spiro atoms. The van der Waals surface area contributed by atoms with E-state index in [1.807, 2.05) is 0 Å². The number of thioether (sulfide) groups is 1. The number of aliphatic hydroxyl groups is 1. The lowest BCUT2D eigenvalue weighted by molar-refractivity contribution is -0.136. The van der Waals surface area contributed by atoms with Gasteiger partial charge in [0.05, 0.1) is 31.3 Å². The smallest absolute Gasteiger partial charge is 0.267 e. The van der Waals surface area contributed by atoms with Crippen LogP contribution in [0.4, 0.5) is 0 Å². The first-order chi connectivity index (χ1) is 14.1. The number of aliphatic hydroxyl groups excluding tert-OH is 1. The summed E-state index contributed by atoms with van der Waals surface area (Å²) in [4.78, 5) is 27.6. The third-order valence-electron chi connectivity index (χ3n) is 4.45. The van der Waals surface area contributed by atoms with Gasteiger partial charge in [-0.3, -0.25) is 14.5 Å². The number of imide groups is 1. The molecule has 1 N–H and O–H groups in total. The molecule has 1 heterocycles. The topological polar surface area (TPSA) is 85.3 Å². The van der Waals surface area contributed by atoms with Gasteiger partial charge >= 0.3 is 0 Å². The van der Waals surface area contributed by atoms with Gasteiger partial charge in [0, 0.05) is 25.5 Å². The van der Waals surface area contributed by atoms with Gasteiger partial charge in [-0.2, -0.15) is 0 Å². The molecule has 7 nitrogen and oxygen atoms in total. The Hall–Kier alpha value is -2.03. The second-order valence-corrected chi connectivity index (χ2v) is 7.53. The summed E-state index contributed by atoms with van der Waals surface area (Å²) in [6, 6.07) is 5.13. The maximum atomic E-state index is 13.1. The molecule has 1 aliphatic heterocycles. The highest BCUT2D eigenvalue weighted by Gasteiger charge is 2.39. The molecule has 0 radical (unpaired) electrons. The number of hydrogen-bond acceptors (Lipinski definition) is 7. The van der Waals surface area contributed by atoms with Crippen LogP contribution in [0.15, 0.2) is 23.1 Å². The van der Waals surface area contributed by atoms with Crippen LogP contribution < -0.4 is 9.47 Å². The van der Waals surface area contributed by atoms with Crippen molar-refractivity contribution in [3.63, 3.8) is 0 Å². The van der Waals surface area contributed by atoms with Crippen molar-refractivity contribution in [3.05, 3.63) is 28.7 Å². The molecule has 160 valence electrons. The summed E-state index contributed by atoms with van der Waals surface area (Å²) in [5.41, 5.74) is 0.921. The van der Waals surface area contributed by atoms with E-state index in [0.29, 0.717) is 59.5 Å². The molecule has 0 fully saturated rings. The Morgan fingerprint density at radius 1 is 1.03 bits per heavy atom. The Bertz CT molecular complexity index is 749. The van der Waals surface area contributed by atoms with Crippen LogP contribution in [0, 0.1) is 0 Å². The van der Waals surface area contributed by atoms with Crippen LogP contribution in [0.2, 0.25) is 0 Å². The fraction of sp³-hybridized carbons (Fsp3) is 0.524. The maximum Gasteiger partial charge on any atom is 0.267 e. The van der Waals surface area contributed by atoms with Crippen molar-refractivity contribution >= 4 is 29.1 Å². The second kappa shape index (κ2) is 11.8. The van der Waals surface area contributed by atoms with Crippen molar-refractivity contribution in [1.29, 1.82) is 0 Å². The Morgan fingerprint density at radius 3 is 2.41 bits per heavy atom. The van der Waals surface area contributed by atoms with Gasteiger partial charge in [-0.1, -0.05) is 19.4 Å². The molecule has 2 amide bonds. The second-order valence-electron chi connectivity index (χ2n) is 6.43. The fourth-order valence-corrected chi connectivity index (χ4v) is 3.84. The van der Waals surface area contributed by atoms with E-state index >= 15 is 0 Å². The Labute approximate surface area is 176 Å². The fourth-order valence-electron chi connectivity index (χ4n) is 2.96. The van der Waals surface area contributed by atoms with E-state index in [9.17, 15) is 14.7 Å². The van der Waals surface area contributed by atoms with Crippen molar-refractivity contribution < 1.29 is 28.9 Å². The van der Waals surface area contributed by atoms with Crippen molar-refractivity contribution in [3.8, 4) is 11.5 Å². The van der Waals surface area contributed by atoms with Gasteiger partial charge in [-0.15, -0.1) is 11.8 Å². The highest BCUT2D eigenvalue weighted by atomic mass is 32.2. The zero-order valence-corrected chi connectivity index (χ0v) is 18.0. The molecule has 2 rings (SSSR count). The van der Waals surface area contributed by atoms with Crippen molar-refractivity contribution in [1.82, 2.24) is 4.90 Å². The molecule has 29 heavy (non-hydrogen) atoms. The van der Waals surface area contributed by atoms with Gasteiger partial charge in [0.2, 0.25) is 0 Å². The first-order valence-electron chi connectivity index (χ1n) is 9.73. The Morgan fingerprint density at radius 2 is 1.76 bits per heavy atom. The normalized spacial score (nSPS) is 14.1. The number of carbonyl (C=O) groups excluding carboxylic acids is 2. The summed E-state index contributed by atoms with van der Waals surface area (Å²) >= 11 is 1.19. The zero-order chi connectivity index (χ0) is 21.2. The summed E-state index contributed by atoms with van der Waals surface area (Å²) < 4.78 is 16.1. The highest BCUT2D eigenvalue weighted by Crippen LogP contribution is 2.39. The largest absolute Gasteiger partial charge is 0.493 e. The summed E-state index contributed by atoms with van der Waals surface area (Å²) in [5.74, 6) is 0.688. The van der Waals surface area contributed by atoms with Gasteiger partial charge in [-0.05, 0) is 30.5 Å². The quantitative estimate of drug-likeness (QED) is 0.386. The monoisotopic (exact) mass is 423 g/mol. The predicted octanol–water partition coefficient (Wildman–Crippen LogP) is 2.72. The van der Waals surface area contributed by atoms with Crippen molar-refractivity contribution in [2.45, 2.75) is 26.2 Å². The average molecular weight is 424 g/mol. The van der Waals surface area contributed by atoms with E-state index in [1.165, 1.54) is 30.9 Å². The van der Waals surface area contributed by atoms with Gasteiger partial charge in [-0.25, -0.2) is 0 Å². The first kappa shape index (κ1) is 23.3. The van der Waals surface area contributed by atoms with Crippen LogP contribution in [-0.4, -0.2) is 68.2 Å². The van der Waals surface area contributed by atoms with Crippen LogP contribution >= 0.6 is 11.8 Å². The molecule has 0 aliphatic carbocycles. The van der Waals surface area contributed by atoms with Crippen LogP contribution in [0.25, 0.3) is 5.57 Å². The van der Waals surface area contributed by atoms with E-state index in [2.05, 4.69) is 6.92 Å². The lowest BCUT2D eigenvalue weighted by atomic mass is 10.1. The number of hydrogen-bond donors (Lipinski definition) is 1. The molecule has 0 aromatic heterocycles. The van der Waals surface area contributed by atoms with Crippen LogP contribution in [0.1, 0.15) is 31.7 Å². The molecular weight excluding hydrogens is 394 g/mol. The molecule has 0 unspecified atom stereocenters. The third-order valence-corrected chi connectivity index (χ3v) is 5.50. The molecule has 0 saturated heterocycles. The molecule has 8 heteroatoms. The Balaban J connectivity index is 2.21. The minimum atomic E-state index is -0.337. The van der Waals surface area contributed by atoms with E-state index in [4.69, 9.17) is 14.2 Å². The third kappa shape index (κ3) is 5.74. The summed E-state index contributed by atoms with van der Waals surface area (Å²) in [6.45, 7) is 3.49. The molecule has 1 aromatic carbocycles. The molecule has 1 aromatic rings. The number of benzene rings is 1. The van der Waals surface area contributed by atoms with E-state index in [0.717, 1.165) is 12.8 Å². The minimum Gasteiger partial charge on any atom is -0.493 e. The number of unbranched alkanes of at least 4 members (excludes halogenated alkanes) is 1. The summed E-state index contributed by atoms with van der Waals surface area (Å²) in [7, 11) is 3.05. The van der Waals surface area contributed by atoms with Crippen molar-refractivity contribution in [2.24, 2.45) is 0 Å². The number of methoxy groups -OCH3 is 2. The van der Waals surface area contributed by atoms with Gasteiger partial charge in [0.1, 0.15) is 0 Å². The van der Waals surface area contributed by atoms with Crippen LogP contribution in [0.3, 0.4) is 0 Å². The number of rotatable bonds is 13. The lowest BCUT2D eigenvalue weighted by Gasteiger charge is -2.15. The SMILES string of the molecule is CCCCOCCCN1C(=O)C(SCCO)=C(c2ccc(OC)c(OC)c2)C1=O. The molecule has 0 atom stereocenters. The molecule has 1 aliphatic rings. The number of carbonyl (C=O) groups is 2. The lowest BCUT2D eigenvalue weighted by Crippen LogP contribution is -2.33. The first-order valence-corrected chi connectivity index (χ1v) is 10.7. The van der Waals surface area contributed by atoms with Gasteiger partial charge in [0.15, 0.2) is 11.5 Å². The number of nitrogens with zero attached hydrogens (tertiary/aromatic N) is 1. The van der Waals surface area contributed by atoms with Crippen molar-refractivity contribution in [2.75, 3.05) is 46.3 Å². The standard InChI is InChI=1S/C21H29NO6S/c1-4-5-11-28-12-6-9-22-20(24)18(19(21(22)25)29-13-10-23)15-7-8-16(26-2)17(14-15)27-3/h7-8,14,23H,4-6,9-13H2,1-3H3. The minimum absolute atomic E-state index is 0.0832.